The van der Waals surface area contributed by atoms with E-state index in [0.717, 1.165) is 19.3 Å². The summed E-state index contributed by atoms with van der Waals surface area (Å²) in [5.41, 5.74) is 6.09. The maximum Gasteiger partial charge on any atom is 0.407 e. The zero-order valence-corrected chi connectivity index (χ0v) is 9.87. The molecule has 0 bridgehead atoms. The number of amides is 1. The summed E-state index contributed by atoms with van der Waals surface area (Å²) in [5.74, 6) is 0.631. The number of carboxylic acid groups (broad SMARTS) is 1. The topological polar surface area (TPSA) is 88.7 Å². The fraction of sp³-hybridized carbons (Fsp3) is 0.500. The third kappa shape index (κ3) is 1.56. The van der Waals surface area contributed by atoms with Gasteiger partial charge in [-0.1, -0.05) is 0 Å². The van der Waals surface area contributed by atoms with Crippen LogP contribution in [0.4, 0.5) is 10.5 Å². The summed E-state index contributed by atoms with van der Waals surface area (Å²) < 4.78 is 5.76. The van der Waals surface area contributed by atoms with E-state index < -0.39 is 6.09 Å². The van der Waals surface area contributed by atoms with Crippen molar-refractivity contribution in [2.75, 3.05) is 12.3 Å². The van der Waals surface area contributed by atoms with Crippen molar-refractivity contribution in [2.24, 2.45) is 0 Å². The maximum atomic E-state index is 11.0. The van der Waals surface area contributed by atoms with Crippen LogP contribution in [0.15, 0.2) is 18.5 Å². The minimum absolute atomic E-state index is 0.0526. The van der Waals surface area contributed by atoms with E-state index in [0.29, 0.717) is 18.0 Å². The summed E-state index contributed by atoms with van der Waals surface area (Å²) in [6.07, 6.45) is 4.84. The quantitative estimate of drug-likeness (QED) is 0.825. The smallest absolute Gasteiger partial charge is 0.407 e. The number of nitrogen functional groups attached to an aromatic ring is 1. The number of rotatable bonds is 2. The molecule has 1 aliphatic heterocycles. The van der Waals surface area contributed by atoms with Crippen molar-refractivity contribution in [2.45, 2.75) is 30.9 Å². The van der Waals surface area contributed by atoms with Crippen LogP contribution < -0.4 is 10.5 Å². The maximum absolute atomic E-state index is 11.0. The van der Waals surface area contributed by atoms with E-state index in [-0.39, 0.29) is 11.6 Å². The van der Waals surface area contributed by atoms with Crippen molar-refractivity contribution in [3.05, 3.63) is 18.5 Å². The monoisotopic (exact) mass is 249 g/mol. The van der Waals surface area contributed by atoms with Gasteiger partial charge in [0.25, 0.3) is 0 Å². The van der Waals surface area contributed by atoms with E-state index in [9.17, 15) is 4.79 Å². The molecule has 0 radical (unpaired) electrons. The Balaban J connectivity index is 1.60. The van der Waals surface area contributed by atoms with E-state index in [1.807, 2.05) is 0 Å². The Kier molecular flexibility index (Phi) is 2.33. The first kappa shape index (κ1) is 11.1. The molecule has 2 heterocycles. The fourth-order valence-corrected chi connectivity index (χ4v) is 2.81. The number of ether oxygens (including phenoxy) is 1. The molecule has 2 aliphatic rings. The number of pyridine rings is 1. The number of nitrogens with zero attached hydrogens (tertiary/aromatic N) is 2. The number of aromatic nitrogens is 1. The molecule has 1 saturated heterocycles. The molecule has 18 heavy (non-hydrogen) atoms. The van der Waals surface area contributed by atoms with Crippen LogP contribution in [0.3, 0.4) is 0 Å². The van der Waals surface area contributed by atoms with Crippen molar-refractivity contribution in [1.29, 1.82) is 0 Å². The van der Waals surface area contributed by atoms with Gasteiger partial charge in [-0.05, 0) is 6.42 Å². The van der Waals surface area contributed by atoms with Crippen LogP contribution in [0, 0.1) is 0 Å². The lowest BCUT2D eigenvalue weighted by Crippen LogP contribution is -2.70. The first-order chi connectivity index (χ1) is 8.61. The highest BCUT2D eigenvalue weighted by Crippen LogP contribution is 2.48. The Morgan fingerprint density at radius 3 is 2.94 bits per heavy atom. The largest absolute Gasteiger partial charge is 0.488 e. The standard InChI is InChI=1S/C12H15N3O3/c13-9-7-14-3-1-10(9)18-8-5-12(6-8)2-4-15(12)11(16)17/h1,3,7-8H,2,4-6,13H2,(H,16,17). The normalized spacial score (nSPS) is 29.6. The lowest BCUT2D eigenvalue weighted by Gasteiger charge is -2.59. The van der Waals surface area contributed by atoms with Gasteiger partial charge in [0.05, 0.1) is 17.4 Å². The van der Waals surface area contributed by atoms with Crippen LogP contribution in [0.1, 0.15) is 19.3 Å². The molecule has 1 aliphatic carbocycles. The average molecular weight is 249 g/mol. The number of carbonyl (C=O) groups is 1. The summed E-state index contributed by atoms with van der Waals surface area (Å²) in [6.45, 7) is 0.638. The molecular formula is C12H15N3O3. The van der Waals surface area contributed by atoms with Gasteiger partial charge in [0, 0.05) is 31.6 Å². The minimum Gasteiger partial charge on any atom is -0.488 e. The molecule has 3 rings (SSSR count). The second-order valence-corrected chi connectivity index (χ2v) is 4.97. The Hall–Kier alpha value is -1.98. The molecule has 6 heteroatoms. The molecule has 0 unspecified atom stereocenters. The average Bonchev–Trinajstić information content (AvgIpc) is 2.22. The van der Waals surface area contributed by atoms with Crippen LogP contribution in [0.2, 0.25) is 0 Å². The van der Waals surface area contributed by atoms with Gasteiger partial charge in [-0.3, -0.25) is 4.98 Å². The third-order valence-corrected chi connectivity index (χ3v) is 3.92. The fourth-order valence-electron chi connectivity index (χ4n) is 2.81. The van der Waals surface area contributed by atoms with Gasteiger partial charge in [0.1, 0.15) is 11.9 Å². The molecule has 2 fully saturated rings. The molecule has 1 spiro atoms. The minimum atomic E-state index is -0.830. The highest BCUT2D eigenvalue weighted by Gasteiger charge is 2.57. The molecule has 6 nitrogen and oxygen atoms in total. The second-order valence-electron chi connectivity index (χ2n) is 4.97. The summed E-state index contributed by atoms with van der Waals surface area (Å²) in [4.78, 5) is 16.4. The number of nitrogens with two attached hydrogens (primary N) is 1. The molecular weight excluding hydrogens is 234 g/mol. The zero-order chi connectivity index (χ0) is 12.8. The van der Waals surface area contributed by atoms with Gasteiger partial charge < -0.3 is 20.5 Å². The van der Waals surface area contributed by atoms with Crippen molar-refractivity contribution in [1.82, 2.24) is 9.88 Å². The van der Waals surface area contributed by atoms with Crippen molar-refractivity contribution < 1.29 is 14.6 Å². The molecule has 0 aromatic carbocycles. The first-order valence-corrected chi connectivity index (χ1v) is 5.97. The lowest BCUT2D eigenvalue weighted by molar-refractivity contribution is -0.108. The van der Waals surface area contributed by atoms with E-state index in [1.165, 1.54) is 4.90 Å². The molecule has 1 aromatic heterocycles. The predicted molar refractivity (Wildman–Crippen MR) is 64.4 cm³/mol. The van der Waals surface area contributed by atoms with Crippen molar-refractivity contribution in [3.8, 4) is 5.75 Å². The SMILES string of the molecule is Nc1cnccc1OC1CC2(CCN2C(=O)O)C1. The van der Waals surface area contributed by atoms with E-state index >= 15 is 0 Å². The van der Waals surface area contributed by atoms with Gasteiger partial charge in [-0.25, -0.2) is 4.79 Å². The summed E-state index contributed by atoms with van der Waals surface area (Å²) in [5, 5.41) is 9.01. The van der Waals surface area contributed by atoms with Crippen LogP contribution in [0.5, 0.6) is 5.75 Å². The van der Waals surface area contributed by atoms with Gasteiger partial charge in [0.15, 0.2) is 0 Å². The van der Waals surface area contributed by atoms with Crippen molar-refractivity contribution in [3.63, 3.8) is 0 Å². The molecule has 1 amide bonds. The summed E-state index contributed by atoms with van der Waals surface area (Å²) >= 11 is 0. The predicted octanol–water partition coefficient (Wildman–Crippen LogP) is 1.33. The van der Waals surface area contributed by atoms with Crippen molar-refractivity contribution >= 4 is 11.8 Å². The number of likely N-dealkylation sites (tertiary alicyclic amines) is 1. The molecule has 1 aromatic rings. The van der Waals surface area contributed by atoms with E-state index in [4.69, 9.17) is 15.6 Å². The van der Waals surface area contributed by atoms with Gasteiger partial charge in [0.2, 0.25) is 0 Å². The second kappa shape index (κ2) is 3.76. The molecule has 3 N–H and O–H groups in total. The highest BCUT2D eigenvalue weighted by molar-refractivity contribution is 5.68. The van der Waals surface area contributed by atoms with Gasteiger partial charge in [-0.2, -0.15) is 0 Å². The number of hydrogen-bond donors (Lipinski definition) is 2. The number of hydrogen-bond acceptors (Lipinski definition) is 4. The first-order valence-electron chi connectivity index (χ1n) is 5.97. The number of anilines is 1. The zero-order valence-electron chi connectivity index (χ0n) is 9.87. The third-order valence-electron chi connectivity index (χ3n) is 3.92. The van der Waals surface area contributed by atoms with E-state index in [1.54, 1.807) is 18.5 Å². The van der Waals surface area contributed by atoms with Crippen LogP contribution >= 0.6 is 0 Å². The Labute approximate surface area is 104 Å². The lowest BCUT2D eigenvalue weighted by atomic mass is 9.66. The Morgan fingerprint density at radius 2 is 2.39 bits per heavy atom. The van der Waals surface area contributed by atoms with E-state index in [2.05, 4.69) is 4.98 Å². The van der Waals surface area contributed by atoms with Gasteiger partial charge >= 0.3 is 6.09 Å². The molecule has 96 valence electrons. The van der Waals surface area contributed by atoms with Crippen LogP contribution in [-0.4, -0.2) is 39.3 Å². The summed E-state index contributed by atoms with van der Waals surface area (Å²) in [7, 11) is 0. The van der Waals surface area contributed by atoms with Crippen LogP contribution in [0.25, 0.3) is 0 Å². The summed E-state index contributed by atoms with van der Waals surface area (Å²) in [6, 6.07) is 1.73. The van der Waals surface area contributed by atoms with Gasteiger partial charge in [-0.15, -0.1) is 0 Å². The Morgan fingerprint density at radius 1 is 1.61 bits per heavy atom. The van der Waals surface area contributed by atoms with Crippen LogP contribution in [-0.2, 0) is 0 Å². The molecule has 0 atom stereocenters. The molecule has 1 saturated carbocycles. The highest BCUT2D eigenvalue weighted by atomic mass is 16.5. The Bertz CT molecular complexity index is 485.